The fourth-order valence-electron chi connectivity index (χ4n) is 5.18. The van der Waals surface area contributed by atoms with Gasteiger partial charge in [-0.1, -0.05) is 38.2 Å². The third-order valence-electron chi connectivity index (χ3n) is 7.72. The number of amides is 1. The average molecular weight is 543 g/mol. The SMILES string of the molecule is COC1/C=C\C=C(/C)C(=O)NC2=CC(=O)C(N3CCC3)=C(C[C@@H](C)C[C@H](OC)[C@H](O)[C@@H](C)/C=C(\C)[C@@H]1O)C2=O. The number of carbonyl (C=O) groups is 3. The van der Waals surface area contributed by atoms with Gasteiger partial charge in [-0.3, -0.25) is 14.4 Å². The number of nitrogens with one attached hydrogen (secondary N) is 1. The molecule has 3 rings (SSSR count). The quantitative estimate of drug-likeness (QED) is 0.367. The fraction of sp³-hybridized carbons (Fsp3) is 0.567. The summed E-state index contributed by atoms with van der Waals surface area (Å²) in [6.45, 7) is 8.58. The van der Waals surface area contributed by atoms with Gasteiger partial charge in [0.1, 0.15) is 12.2 Å². The van der Waals surface area contributed by atoms with Crippen LogP contribution in [0.3, 0.4) is 0 Å². The molecule has 1 amide bonds. The predicted molar refractivity (Wildman–Crippen MR) is 147 cm³/mol. The van der Waals surface area contributed by atoms with Crippen LogP contribution in [-0.4, -0.2) is 84.3 Å². The number of likely N-dealkylation sites (tertiary alicyclic amines) is 1. The Morgan fingerprint density at radius 2 is 1.74 bits per heavy atom. The smallest absolute Gasteiger partial charge is 0.251 e. The molecule has 1 aliphatic carbocycles. The lowest BCUT2D eigenvalue weighted by Crippen LogP contribution is -2.43. The molecule has 3 aliphatic rings. The molecule has 3 N–H and O–H groups in total. The topological polar surface area (TPSA) is 125 Å². The van der Waals surface area contributed by atoms with E-state index in [0.717, 1.165) is 6.42 Å². The van der Waals surface area contributed by atoms with E-state index in [0.29, 0.717) is 48.3 Å². The molecule has 1 saturated heterocycles. The standard InChI is InChI=1S/C30H42N2O7/c1-17-13-21-26(32-11-8-12-32)23(33)16-22(29(21)36)31-30(37)18(2)9-7-10-24(38-5)27(34)19(3)15-20(4)28(35)25(14-17)39-6/h7,9-10,15-17,20,24-25,27-28,34-35H,8,11-14H2,1-6H3,(H,31,37)/b10-7-,18-9+,19-15+/t17-,20+,24?,25+,27+,28-/m1/s1. The van der Waals surface area contributed by atoms with Crippen molar-refractivity contribution in [3.63, 3.8) is 0 Å². The maximum atomic E-state index is 13.6. The van der Waals surface area contributed by atoms with Crippen molar-refractivity contribution in [2.75, 3.05) is 27.3 Å². The number of carbonyl (C=O) groups excluding carboxylic acids is 3. The second-order valence-electron chi connectivity index (χ2n) is 10.8. The maximum absolute atomic E-state index is 13.6. The van der Waals surface area contributed by atoms with Crippen LogP contribution in [0.15, 0.2) is 58.5 Å². The van der Waals surface area contributed by atoms with Crippen LogP contribution in [0.4, 0.5) is 0 Å². The molecule has 0 aromatic heterocycles. The van der Waals surface area contributed by atoms with E-state index < -0.39 is 30.3 Å². The van der Waals surface area contributed by atoms with E-state index >= 15 is 0 Å². The van der Waals surface area contributed by atoms with Crippen molar-refractivity contribution in [2.24, 2.45) is 11.8 Å². The van der Waals surface area contributed by atoms with Crippen LogP contribution in [0.1, 0.15) is 47.0 Å². The Bertz CT molecular complexity index is 1110. The third-order valence-corrected chi connectivity index (χ3v) is 7.72. The minimum atomic E-state index is -0.967. The van der Waals surface area contributed by atoms with Gasteiger partial charge in [-0.2, -0.15) is 0 Å². The van der Waals surface area contributed by atoms with E-state index in [1.54, 1.807) is 38.2 Å². The number of hydrogen-bond donors (Lipinski definition) is 3. The van der Waals surface area contributed by atoms with E-state index in [1.165, 1.54) is 20.3 Å². The normalized spacial score (nSPS) is 35.3. The number of ether oxygens (including phenoxy) is 2. The number of aliphatic hydroxyl groups is 2. The molecule has 9 heteroatoms. The lowest BCUT2D eigenvalue weighted by Gasteiger charge is -2.37. The van der Waals surface area contributed by atoms with Crippen molar-refractivity contribution >= 4 is 17.5 Å². The number of allylic oxidation sites excluding steroid dienone is 4. The summed E-state index contributed by atoms with van der Waals surface area (Å²) in [5.41, 5.74) is 1.68. The van der Waals surface area contributed by atoms with E-state index in [-0.39, 0.29) is 29.1 Å². The molecule has 0 radical (unpaired) electrons. The van der Waals surface area contributed by atoms with Crippen molar-refractivity contribution < 1.29 is 34.1 Å². The summed E-state index contributed by atoms with van der Waals surface area (Å²) < 4.78 is 11.1. The summed E-state index contributed by atoms with van der Waals surface area (Å²) in [6, 6.07) is 0. The lowest BCUT2D eigenvalue weighted by molar-refractivity contribution is -0.120. The molecule has 2 heterocycles. The van der Waals surface area contributed by atoms with Gasteiger partial charge in [-0.15, -0.1) is 0 Å². The fourth-order valence-corrected chi connectivity index (χ4v) is 5.18. The Kier molecular flexibility index (Phi) is 10.6. The van der Waals surface area contributed by atoms with Crippen LogP contribution < -0.4 is 5.32 Å². The van der Waals surface area contributed by atoms with Gasteiger partial charge in [0, 0.05) is 50.4 Å². The highest BCUT2D eigenvalue weighted by atomic mass is 16.5. The third kappa shape index (κ3) is 7.22. The minimum absolute atomic E-state index is 0.0481. The van der Waals surface area contributed by atoms with E-state index in [2.05, 4.69) is 5.32 Å². The number of ketones is 2. The van der Waals surface area contributed by atoms with Crippen molar-refractivity contribution in [3.8, 4) is 0 Å². The molecule has 0 aromatic rings. The average Bonchev–Trinajstić information content (AvgIpc) is 2.87. The highest BCUT2D eigenvalue weighted by molar-refractivity contribution is 6.23. The number of fused-ring (bicyclic) bond motifs is 2. The Labute approximate surface area is 230 Å². The van der Waals surface area contributed by atoms with Crippen molar-refractivity contribution in [1.29, 1.82) is 0 Å². The van der Waals surface area contributed by atoms with Gasteiger partial charge in [-0.05, 0) is 44.6 Å². The Morgan fingerprint density at radius 1 is 1.05 bits per heavy atom. The largest absolute Gasteiger partial charge is 0.390 e. The van der Waals surface area contributed by atoms with Gasteiger partial charge in [0.25, 0.3) is 5.91 Å². The maximum Gasteiger partial charge on any atom is 0.251 e. The van der Waals surface area contributed by atoms with Crippen LogP contribution in [0.25, 0.3) is 0 Å². The van der Waals surface area contributed by atoms with Crippen LogP contribution in [0.2, 0.25) is 0 Å². The molecule has 0 aromatic carbocycles. The summed E-state index contributed by atoms with van der Waals surface area (Å²) in [5.74, 6) is -1.63. The molecule has 39 heavy (non-hydrogen) atoms. The Morgan fingerprint density at radius 3 is 2.33 bits per heavy atom. The van der Waals surface area contributed by atoms with Crippen molar-refractivity contribution in [1.82, 2.24) is 10.2 Å². The highest BCUT2D eigenvalue weighted by Gasteiger charge is 2.36. The number of methoxy groups -OCH3 is 2. The number of nitrogens with zero attached hydrogens (tertiary/aromatic N) is 1. The first-order chi connectivity index (χ1) is 18.5. The molecule has 2 aliphatic heterocycles. The van der Waals surface area contributed by atoms with E-state index in [1.807, 2.05) is 18.7 Å². The van der Waals surface area contributed by atoms with Gasteiger partial charge >= 0.3 is 0 Å². The van der Waals surface area contributed by atoms with Crippen molar-refractivity contribution in [3.05, 3.63) is 58.5 Å². The van der Waals surface area contributed by atoms with Gasteiger partial charge < -0.3 is 29.9 Å². The first-order valence-electron chi connectivity index (χ1n) is 13.5. The van der Waals surface area contributed by atoms with Gasteiger partial charge in [0.15, 0.2) is 0 Å². The molecule has 214 valence electrons. The number of hydrogen-bond acceptors (Lipinski definition) is 8. The zero-order chi connectivity index (χ0) is 28.9. The molecular weight excluding hydrogens is 500 g/mol. The molecule has 6 atom stereocenters. The Balaban J connectivity index is 2.03. The zero-order valence-corrected chi connectivity index (χ0v) is 23.8. The summed E-state index contributed by atoms with van der Waals surface area (Å²) >= 11 is 0. The first kappa shape index (κ1) is 30.7. The first-order valence-corrected chi connectivity index (χ1v) is 13.5. The van der Waals surface area contributed by atoms with Gasteiger partial charge in [0.2, 0.25) is 11.6 Å². The highest BCUT2D eigenvalue weighted by Crippen LogP contribution is 2.32. The molecule has 0 spiro atoms. The summed E-state index contributed by atoms with van der Waals surface area (Å²) in [5, 5.41) is 24.6. The number of Topliss-reactive ketones (excluding diaryl/α,β-unsaturated/α-hetero) is 1. The Hall–Kier alpha value is -2.85. The van der Waals surface area contributed by atoms with Gasteiger partial charge in [0.05, 0.1) is 23.6 Å². The van der Waals surface area contributed by atoms with Crippen LogP contribution in [-0.2, 0) is 23.9 Å². The molecule has 2 bridgehead atoms. The number of aliphatic hydroxyl groups excluding tert-OH is 2. The van der Waals surface area contributed by atoms with Crippen molar-refractivity contribution in [2.45, 2.75) is 71.4 Å². The summed E-state index contributed by atoms with van der Waals surface area (Å²) in [7, 11) is 3.01. The zero-order valence-electron chi connectivity index (χ0n) is 23.8. The van der Waals surface area contributed by atoms with E-state index in [4.69, 9.17) is 9.47 Å². The van der Waals surface area contributed by atoms with Crippen LogP contribution in [0.5, 0.6) is 0 Å². The summed E-state index contributed by atoms with van der Waals surface area (Å²) in [6.07, 6.45) is 6.41. The summed E-state index contributed by atoms with van der Waals surface area (Å²) in [4.78, 5) is 41.6. The lowest BCUT2D eigenvalue weighted by atomic mass is 9.84. The number of rotatable bonds is 3. The van der Waals surface area contributed by atoms with E-state index in [9.17, 15) is 24.6 Å². The predicted octanol–water partition coefficient (Wildman–Crippen LogP) is 2.36. The molecule has 9 nitrogen and oxygen atoms in total. The monoisotopic (exact) mass is 542 g/mol. The van der Waals surface area contributed by atoms with Crippen LogP contribution >= 0.6 is 0 Å². The van der Waals surface area contributed by atoms with Gasteiger partial charge in [-0.25, -0.2) is 0 Å². The minimum Gasteiger partial charge on any atom is -0.390 e. The molecule has 0 saturated carbocycles. The molecule has 1 fully saturated rings. The molecular formula is C30H42N2O7. The van der Waals surface area contributed by atoms with Crippen LogP contribution in [0, 0.1) is 11.8 Å². The second kappa shape index (κ2) is 13.5. The second-order valence-corrected chi connectivity index (χ2v) is 10.8. The molecule has 1 unspecified atom stereocenters.